The van der Waals surface area contributed by atoms with Crippen molar-refractivity contribution in [2.24, 2.45) is 0 Å². The lowest BCUT2D eigenvalue weighted by Crippen LogP contribution is -1.94. The second-order valence-corrected chi connectivity index (χ2v) is 10.9. The molecule has 0 fully saturated rings. The fraction of sp³-hybridized carbons (Fsp3) is 0.179. The number of benzene rings is 5. The average Bonchev–Trinajstić information content (AvgIpc) is 3.68. The zero-order valence-electron chi connectivity index (χ0n) is 25.2. The van der Waals surface area contributed by atoms with Gasteiger partial charge in [-0.25, -0.2) is 0 Å². The molecular weight excluding hydrogens is 526 g/mol. The minimum Gasteiger partial charge on any atom is -0.455 e. The Balaban J connectivity index is 0.00000147. The van der Waals surface area contributed by atoms with Gasteiger partial charge in [-0.15, -0.1) is 10.2 Å². The molecule has 8 rings (SSSR count). The first-order valence-corrected chi connectivity index (χ1v) is 15.5. The molecule has 0 aliphatic carbocycles. The van der Waals surface area contributed by atoms with Gasteiger partial charge in [-0.1, -0.05) is 107 Å². The molecule has 5 aromatic carbocycles. The molecule has 3 aromatic heterocycles. The van der Waals surface area contributed by atoms with Crippen molar-refractivity contribution in [2.45, 2.75) is 47.0 Å². The highest BCUT2D eigenvalue weighted by Crippen LogP contribution is 2.39. The first-order valence-electron chi connectivity index (χ1n) is 15.5. The number of fused-ring (bicyclic) bond motifs is 9. The lowest BCUT2D eigenvalue weighted by molar-refractivity contribution is 0.669. The van der Waals surface area contributed by atoms with Crippen molar-refractivity contribution in [1.29, 1.82) is 0 Å². The molecule has 0 atom stereocenters. The van der Waals surface area contributed by atoms with Crippen LogP contribution in [0.4, 0.5) is 0 Å². The van der Waals surface area contributed by atoms with Crippen LogP contribution in [0.3, 0.4) is 0 Å². The van der Waals surface area contributed by atoms with Crippen molar-refractivity contribution in [3.05, 3.63) is 114 Å². The van der Waals surface area contributed by atoms with Crippen molar-refractivity contribution in [2.75, 3.05) is 0 Å². The maximum absolute atomic E-state index is 6.49. The molecule has 3 heterocycles. The Morgan fingerprint density at radius 2 is 1.33 bits per heavy atom. The third kappa shape index (κ3) is 4.37. The second kappa shape index (κ2) is 11.0. The smallest absolute Gasteiger partial charge is 0.169 e. The quantitative estimate of drug-likeness (QED) is 0.196. The molecule has 0 amide bonds. The molecule has 4 nitrogen and oxygen atoms in total. The maximum Gasteiger partial charge on any atom is 0.169 e. The fourth-order valence-electron chi connectivity index (χ4n) is 6.33. The topological polar surface area (TPSA) is 43.3 Å². The predicted molar refractivity (Wildman–Crippen MR) is 181 cm³/mol. The normalized spacial score (nSPS) is 11.5. The van der Waals surface area contributed by atoms with Gasteiger partial charge in [0.1, 0.15) is 11.2 Å². The molecule has 0 radical (unpaired) electrons. The van der Waals surface area contributed by atoms with E-state index in [0.29, 0.717) is 0 Å². The molecule has 0 N–H and O–H groups in total. The third-order valence-corrected chi connectivity index (χ3v) is 8.36. The number of aromatic nitrogens is 3. The lowest BCUT2D eigenvalue weighted by atomic mass is 9.97. The molecule has 0 aliphatic rings. The van der Waals surface area contributed by atoms with Crippen LogP contribution in [0.25, 0.3) is 71.8 Å². The predicted octanol–water partition coefficient (Wildman–Crippen LogP) is 10.8. The summed E-state index contributed by atoms with van der Waals surface area (Å²) in [6.07, 6.45) is 3.17. The lowest BCUT2D eigenvalue weighted by Gasteiger charge is -2.10. The Morgan fingerprint density at radius 1 is 0.628 bits per heavy atom. The van der Waals surface area contributed by atoms with Crippen LogP contribution in [0.2, 0.25) is 0 Å². The van der Waals surface area contributed by atoms with Gasteiger partial charge in [0.15, 0.2) is 11.5 Å². The minimum absolute atomic E-state index is 0.841. The van der Waals surface area contributed by atoms with E-state index in [-0.39, 0.29) is 0 Å². The number of para-hydroxylation sites is 1. The van der Waals surface area contributed by atoms with E-state index in [1.807, 2.05) is 13.8 Å². The summed E-state index contributed by atoms with van der Waals surface area (Å²) >= 11 is 0. The van der Waals surface area contributed by atoms with Gasteiger partial charge < -0.3 is 4.42 Å². The van der Waals surface area contributed by atoms with Gasteiger partial charge in [0.25, 0.3) is 0 Å². The van der Waals surface area contributed by atoms with Crippen LogP contribution in [0.15, 0.2) is 108 Å². The van der Waals surface area contributed by atoms with E-state index in [2.05, 4.69) is 126 Å². The van der Waals surface area contributed by atoms with Crippen molar-refractivity contribution in [3.63, 3.8) is 0 Å². The van der Waals surface area contributed by atoms with E-state index < -0.39 is 0 Å². The van der Waals surface area contributed by atoms with E-state index in [1.54, 1.807) is 0 Å². The van der Waals surface area contributed by atoms with Crippen molar-refractivity contribution < 1.29 is 4.42 Å². The Kier molecular flexibility index (Phi) is 6.90. The summed E-state index contributed by atoms with van der Waals surface area (Å²) < 4.78 is 8.68. The highest BCUT2D eigenvalue weighted by Gasteiger charge is 2.17. The molecule has 43 heavy (non-hydrogen) atoms. The molecule has 8 aromatic rings. The van der Waals surface area contributed by atoms with Crippen LogP contribution in [0.5, 0.6) is 0 Å². The third-order valence-electron chi connectivity index (χ3n) is 8.36. The van der Waals surface area contributed by atoms with E-state index >= 15 is 0 Å². The van der Waals surface area contributed by atoms with Crippen molar-refractivity contribution >= 4 is 49.3 Å². The molecule has 212 valence electrons. The van der Waals surface area contributed by atoms with Gasteiger partial charge in [0.05, 0.1) is 5.52 Å². The Morgan fingerprint density at radius 3 is 2.09 bits per heavy atom. The average molecular weight is 562 g/mol. The molecule has 0 bridgehead atoms. The maximum atomic E-state index is 6.49. The molecule has 0 saturated carbocycles. The zero-order chi connectivity index (χ0) is 29.5. The first-order chi connectivity index (χ1) is 21.2. The van der Waals surface area contributed by atoms with Crippen molar-refractivity contribution in [3.8, 4) is 22.5 Å². The van der Waals surface area contributed by atoms with Gasteiger partial charge in [-0.05, 0) is 65.3 Å². The molecular formula is C39H35N3O. The van der Waals surface area contributed by atoms with Crippen LogP contribution in [-0.2, 0) is 12.8 Å². The van der Waals surface area contributed by atoms with Crippen molar-refractivity contribution in [1.82, 2.24) is 14.6 Å². The summed E-state index contributed by atoms with van der Waals surface area (Å²) in [5.74, 6) is 0.841. The summed E-state index contributed by atoms with van der Waals surface area (Å²) in [5.41, 5.74) is 9.82. The van der Waals surface area contributed by atoms with Crippen LogP contribution in [0.1, 0.15) is 45.2 Å². The number of aryl methyl sites for hydroxylation is 2. The van der Waals surface area contributed by atoms with Gasteiger partial charge in [-0.3, -0.25) is 4.40 Å². The highest BCUT2D eigenvalue weighted by atomic mass is 16.3. The number of furan rings is 1. The Hall–Kier alpha value is -4.96. The van der Waals surface area contributed by atoms with E-state index in [1.165, 1.54) is 32.7 Å². The molecule has 0 saturated heterocycles. The number of hydrogen-bond acceptors (Lipinski definition) is 3. The second-order valence-electron chi connectivity index (χ2n) is 10.9. The first kappa shape index (κ1) is 26.9. The molecule has 0 unspecified atom stereocenters. The Bertz CT molecular complexity index is 2250. The van der Waals surface area contributed by atoms with Crippen LogP contribution < -0.4 is 0 Å². The summed E-state index contributed by atoms with van der Waals surface area (Å²) in [6.45, 7) is 8.44. The summed E-state index contributed by atoms with van der Waals surface area (Å²) in [7, 11) is 0. The summed E-state index contributed by atoms with van der Waals surface area (Å²) in [4.78, 5) is 0. The van der Waals surface area contributed by atoms with E-state index in [0.717, 1.165) is 69.5 Å². The molecule has 0 aliphatic heterocycles. The number of hydrogen-bond donors (Lipinski definition) is 0. The SMILES string of the molecule is CC.CCCc1ccc2oc3c(-c4ccc(-c5nnc6c7ccccc7c7ccccc7n56)cc4)cc(CC)cc3c2c1. The number of pyridine rings is 1. The number of nitrogens with zero attached hydrogens (tertiary/aromatic N) is 3. The standard InChI is InChI=1S/C37H29N3O.C2H6/c1-3-9-24-14-19-34-31(22-24)32-21-23(4-2)20-30(35(32)41-34)25-15-17-26(18-16-25)36-38-39-37-29-12-6-5-10-27(29)28-11-7-8-13-33(28)40(36)37;1-2/h5-8,10-22H,3-4,9H2,1-2H3;1-2H3. The fourth-order valence-corrected chi connectivity index (χ4v) is 6.33. The summed E-state index contributed by atoms with van der Waals surface area (Å²) in [5, 5.41) is 15.2. The zero-order valence-corrected chi connectivity index (χ0v) is 25.2. The summed E-state index contributed by atoms with van der Waals surface area (Å²) in [6, 6.07) is 36.8. The largest absolute Gasteiger partial charge is 0.455 e. The van der Waals surface area contributed by atoms with Crippen LogP contribution in [0, 0.1) is 0 Å². The van der Waals surface area contributed by atoms with Gasteiger partial charge in [0.2, 0.25) is 0 Å². The van der Waals surface area contributed by atoms with Gasteiger partial charge in [0, 0.05) is 32.7 Å². The van der Waals surface area contributed by atoms with Gasteiger partial charge >= 0.3 is 0 Å². The Labute approximate surface area is 251 Å². The number of rotatable bonds is 5. The molecule has 0 spiro atoms. The van der Waals surface area contributed by atoms with Crippen LogP contribution in [-0.4, -0.2) is 14.6 Å². The van der Waals surface area contributed by atoms with E-state index in [4.69, 9.17) is 9.52 Å². The van der Waals surface area contributed by atoms with Gasteiger partial charge in [-0.2, -0.15) is 0 Å². The van der Waals surface area contributed by atoms with E-state index in [9.17, 15) is 0 Å². The monoisotopic (exact) mass is 561 g/mol. The van der Waals surface area contributed by atoms with Crippen LogP contribution >= 0.6 is 0 Å². The molecule has 4 heteroatoms. The minimum atomic E-state index is 0.841. The highest BCUT2D eigenvalue weighted by molar-refractivity contribution is 6.12.